The van der Waals surface area contributed by atoms with Crippen molar-refractivity contribution in [3.05, 3.63) is 11.1 Å². The predicted molar refractivity (Wildman–Crippen MR) is 92.3 cm³/mol. The van der Waals surface area contributed by atoms with Crippen LogP contribution in [0.5, 0.6) is 0 Å². The maximum atomic E-state index is 11.9. The summed E-state index contributed by atoms with van der Waals surface area (Å²) in [6, 6.07) is 0. The lowest BCUT2D eigenvalue weighted by Gasteiger charge is -2.49. The van der Waals surface area contributed by atoms with Crippen LogP contribution in [0, 0.1) is 22.7 Å². The summed E-state index contributed by atoms with van der Waals surface area (Å²) < 4.78 is 6.07. The van der Waals surface area contributed by atoms with Crippen LogP contribution >= 0.6 is 15.9 Å². The van der Waals surface area contributed by atoms with E-state index in [0.29, 0.717) is 16.3 Å². The second-order valence-corrected chi connectivity index (χ2v) is 9.46. The van der Waals surface area contributed by atoms with Crippen molar-refractivity contribution < 1.29 is 9.53 Å². The first-order valence-corrected chi connectivity index (χ1v) is 8.79. The van der Waals surface area contributed by atoms with Crippen LogP contribution in [0.15, 0.2) is 11.1 Å². The summed E-state index contributed by atoms with van der Waals surface area (Å²) in [6.07, 6.45) is 4.51. The fraction of sp³-hybridized carbons (Fsp3) is 0.833. The first kappa shape index (κ1) is 18.7. The van der Waals surface area contributed by atoms with Crippen molar-refractivity contribution in [2.45, 2.75) is 73.3 Å². The van der Waals surface area contributed by atoms with Gasteiger partial charge >= 0.3 is 5.97 Å². The molecular weight excluding hydrogens is 328 g/mol. The van der Waals surface area contributed by atoms with Crippen LogP contribution in [0.1, 0.15) is 67.2 Å². The summed E-state index contributed by atoms with van der Waals surface area (Å²) in [4.78, 5) is 11.9. The van der Waals surface area contributed by atoms with Gasteiger partial charge in [0, 0.05) is 0 Å². The maximum Gasteiger partial charge on any atom is 0.344 e. The first-order valence-electron chi connectivity index (χ1n) is 8.00. The predicted octanol–water partition coefficient (Wildman–Crippen LogP) is 5.71. The van der Waals surface area contributed by atoms with E-state index in [9.17, 15) is 4.79 Å². The number of hydrogen-bond donors (Lipinski definition) is 0. The quantitative estimate of drug-likeness (QED) is 0.477. The van der Waals surface area contributed by atoms with Gasteiger partial charge in [0.25, 0.3) is 0 Å². The lowest BCUT2D eigenvalue weighted by Crippen LogP contribution is -2.45. The van der Waals surface area contributed by atoms with Gasteiger partial charge in [-0.1, -0.05) is 54.5 Å². The van der Waals surface area contributed by atoms with Gasteiger partial charge in [0.15, 0.2) is 0 Å². The average Bonchev–Trinajstić information content (AvgIpc) is 2.27. The molecule has 0 bridgehead atoms. The third-order valence-corrected chi connectivity index (χ3v) is 4.85. The number of esters is 1. The summed E-state index contributed by atoms with van der Waals surface area (Å²) >= 11 is 3.13. The molecular formula is C18H31BrO2. The molecule has 1 saturated carbocycles. The summed E-state index contributed by atoms with van der Waals surface area (Å²) in [5, 5.41) is 0. The minimum Gasteiger partial charge on any atom is -0.458 e. The molecule has 21 heavy (non-hydrogen) atoms. The molecule has 0 saturated heterocycles. The Morgan fingerprint density at radius 1 is 1.10 bits per heavy atom. The zero-order valence-electron chi connectivity index (χ0n) is 14.5. The van der Waals surface area contributed by atoms with E-state index in [4.69, 9.17) is 4.74 Å². The van der Waals surface area contributed by atoms with Gasteiger partial charge in [-0.3, -0.25) is 0 Å². The third kappa shape index (κ3) is 5.12. The summed E-state index contributed by atoms with van der Waals surface area (Å²) in [5.74, 6) is 0.620. The largest absolute Gasteiger partial charge is 0.458 e. The number of ether oxygens (including phenoxy) is 1. The highest BCUT2D eigenvalue weighted by Crippen LogP contribution is 2.49. The van der Waals surface area contributed by atoms with Gasteiger partial charge in [-0.05, 0) is 57.9 Å². The van der Waals surface area contributed by atoms with Crippen molar-refractivity contribution in [3.8, 4) is 0 Å². The Morgan fingerprint density at radius 3 is 2.00 bits per heavy atom. The third-order valence-electron chi connectivity index (χ3n) is 4.53. The van der Waals surface area contributed by atoms with Gasteiger partial charge in [0.1, 0.15) is 6.10 Å². The highest BCUT2D eigenvalue weighted by molar-refractivity contribution is 9.12. The van der Waals surface area contributed by atoms with E-state index in [2.05, 4.69) is 64.1 Å². The molecule has 2 atom stereocenters. The van der Waals surface area contributed by atoms with Crippen molar-refractivity contribution in [3.63, 3.8) is 0 Å². The lowest BCUT2D eigenvalue weighted by molar-refractivity contribution is -0.153. The average molecular weight is 359 g/mol. The molecule has 1 fully saturated rings. The Balaban J connectivity index is 3.02. The fourth-order valence-electron chi connectivity index (χ4n) is 4.44. The topological polar surface area (TPSA) is 26.3 Å². The van der Waals surface area contributed by atoms with E-state index < -0.39 is 0 Å². The number of carbonyl (C=O) groups excluding carboxylic acids is 1. The molecule has 0 aliphatic heterocycles. The minimum absolute atomic E-state index is 0.0176. The van der Waals surface area contributed by atoms with E-state index in [-0.39, 0.29) is 22.9 Å². The molecule has 2 nitrogen and oxygen atoms in total. The number of halogens is 1. The van der Waals surface area contributed by atoms with Crippen molar-refractivity contribution in [2.24, 2.45) is 22.7 Å². The van der Waals surface area contributed by atoms with Gasteiger partial charge in [-0.15, -0.1) is 0 Å². The molecule has 122 valence electrons. The van der Waals surface area contributed by atoms with E-state index in [1.54, 1.807) is 0 Å². The van der Waals surface area contributed by atoms with Gasteiger partial charge < -0.3 is 4.74 Å². The van der Waals surface area contributed by atoms with Crippen molar-refractivity contribution in [1.82, 2.24) is 0 Å². The summed E-state index contributed by atoms with van der Waals surface area (Å²) in [5.41, 5.74) is 0.382. The highest BCUT2D eigenvalue weighted by Gasteiger charge is 2.45. The number of carbonyl (C=O) groups is 1. The zero-order valence-corrected chi connectivity index (χ0v) is 16.0. The molecule has 0 amide bonds. The van der Waals surface area contributed by atoms with Gasteiger partial charge in [-0.2, -0.15) is 0 Å². The van der Waals surface area contributed by atoms with E-state index in [1.807, 2.05) is 0 Å². The van der Waals surface area contributed by atoms with E-state index in [0.717, 1.165) is 19.3 Å². The summed E-state index contributed by atoms with van der Waals surface area (Å²) in [6.45, 7) is 17.5. The van der Waals surface area contributed by atoms with Gasteiger partial charge in [0.05, 0.1) is 4.48 Å². The Hall–Kier alpha value is -0.310. The Labute approximate surface area is 138 Å². The standard InChI is InChI=1S/C18H31BrO2/c1-12(19)16(20)21-14-11-9-8-10-13(14)15(17(2,3)4)18(5,6)7/h13-15H,1,8-11H2,2-7H3. The molecule has 0 radical (unpaired) electrons. The Kier molecular flexibility index (Phi) is 6.11. The number of rotatable bonds is 3. The zero-order chi connectivity index (χ0) is 16.4. The second kappa shape index (κ2) is 6.85. The lowest BCUT2D eigenvalue weighted by atomic mass is 9.58. The first-order chi connectivity index (χ1) is 9.44. The Morgan fingerprint density at radius 2 is 1.57 bits per heavy atom. The molecule has 0 heterocycles. The minimum atomic E-state index is -0.312. The fourth-order valence-corrected chi connectivity index (χ4v) is 4.53. The van der Waals surface area contributed by atoms with Gasteiger partial charge in [0.2, 0.25) is 0 Å². The SMILES string of the molecule is C=C(Br)C(=O)OC1CCCCC1C(C(C)(C)C)C(C)(C)C. The molecule has 0 aromatic carbocycles. The normalized spacial score (nSPS) is 24.0. The van der Waals surface area contributed by atoms with Gasteiger partial charge in [-0.25, -0.2) is 4.79 Å². The van der Waals surface area contributed by atoms with Crippen LogP contribution in [-0.2, 0) is 9.53 Å². The smallest absolute Gasteiger partial charge is 0.344 e. The highest BCUT2D eigenvalue weighted by atomic mass is 79.9. The molecule has 0 spiro atoms. The maximum absolute atomic E-state index is 11.9. The molecule has 0 N–H and O–H groups in total. The molecule has 0 aromatic rings. The second-order valence-electron chi connectivity index (χ2n) is 8.51. The van der Waals surface area contributed by atoms with E-state index >= 15 is 0 Å². The molecule has 3 heteroatoms. The van der Waals surface area contributed by atoms with Crippen LogP contribution < -0.4 is 0 Å². The molecule has 2 unspecified atom stereocenters. The van der Waals surface area contributed by atoms with Crippen molar-refractivity contribution in [2.75, 3.05) is 0 Å². The van der Waals surface area contributed by atoms with E-state index in [1.165, 1.54) is 6.42 Å². The molecule has 1 aliphatic rings. The van der Waals surface area contributed by atoms with Crippen LogP contribution in [0.3, 0.4) is 0 Å². The molecule has 0 aromatic heterocycles. The number of hydrogen-bond acceptors (Lipinski definition) is 2. The van der Waals surface area contributed by atoms with Crippen molar-refractivity contribution in [1.29, 1.82) is 0 Å². The monoisotopic (exact) mass is 358 g/mol. The summed E-state index contributed by atoms with van der Waals surface area (Å²) in [7, 11) is 0. The van der Waals surface area contributed by atoms with Crippen LogP contribution in [0.4, 0.5) is 0 Å². The van der Waals surface area contributed by atoms with Crippen LogP contribution in [0.2, 0.25) is 0 Å². The molecule has 1 aliphatic carbocycles. The Bertz CT molecular complexity index is 373. The molecule has 1 rings (SSSR count). The van der Waals surface area contributed by atoms with Crippen LogP contribution in [0.25, 0.3) is 0 Å². The van der Waals surface area contributed by atoms with Crippen molar-refractivity contribution >= 4 is 21.9 Å². The van der Waals surface area contributed by atoms with Crippen LogP contribution in [-0.4, -0.2) is 12.1 Å².